The summed E-state index contributed by atoms with van der Waals surface area (Å²) in [5, 5.41) is 11.0. The summed E-state index contributed by atoms with van der Waals surface area (Å²) in [6.45, 7) is 0.0997. The summed E-state index contributed by atoms with van der Waals surface area (Å²) in [5.74, 6) is -0.729. The first-order valence-corrected chi connectivity index (χ1v) is 4.70. The molecule has 0 unspecified atom stereocenters. The molecule has 1 aromatic rings. The smallest absolute Gasteiger partial charge is 0.223 e. The third-order valence-corrected chi connectivity index (χ3v) is 1.93. The van der Waals surface area contributed by atoms with Crippen molar-refractivity contribution in [2.75, 3.05) is 13.7 Å². The molecule has 4 nitrogen and oxygen atoms in total. The van der Waals surface area contributed by atoms with Crippen molar-refractivity contribution in [2.45, 2.75) is 6.42 Å². The molecule has 0 aromatic heterocycles. The zero-order valence-electron chi connectivity index (χ0n) is 8.79. The van der Waals surface area contributed by atoms with Gasteiger partial charge in [-0.15, -0.1) is 0 Å². The summed E-state index contributed by atoms with van der Waals surface area (Å²) in [6.07, 6.45) is 0.163. The fourth-order valence-corrected chi connectivity index (χ4v) is 1.07. The minimum atomic E-state index is -0.601. The van der Waals surface area contributed by atoms with Crippen molar-refractivity contribution in [2.24, 2.45) is 0 Å². The average Bonchev–Trinajstić information content (AvgIpc) is 2.30. The van der Waals surface area contributed by atoms with Gasteiger partial charge in [-0.2, -0.15) is 5.26 Å². The number of hydrogen-bond donors (Lipinski definition) is 1. The number of carbonyl (C=O) groups is 1. The van der Waals surface area contributed by atoms with Gasteiger partial charge in [0.1, 0.15) is 0 Å². The summed E-state index contributed by atoms with van der Waals surface area (Å²) >= 11 is 0. The van der Waals surface area contributed by atoms with E-state index in [-0.39, 0.29) is 30.2 Å². The van der Waals surface area contributed by atoms with Crippen molar-refractivity contribution in [1.82, 2.24) is 5.32 Å². The lowest BCUT2D eigenvalue weighted by Crippen LogP contribution is -2.20. The van der Waals surface area contributed by atoms with Crippen molar-refractivity contribution in [3.8, 4) is 11.8 Å². The van der Waals surface area contributed by atoms with Gasteiger partial charge in [-0.25, -0.2) is 4.39 Å². The van der Waals surface area contributed by atoms with Crippen molar-refractivity contribution < 1.29 is 13.9 Å². The SMILES string of the molecule is CNC(=O)CCOc1ccc(C#N)cc1F. The number of benzene rings is 1. The molecule has 0 saturated heterocycles. The van der Waals surface area contributed by atoms with Crippen LogP contribution in [0.25, 0.3) is 0 Å². The molecular formula is C11H11FN2O2. The molecule has 5 heteroatoms. The van der Waals surface area contributed by atoms with E-state index < -0.39 is 5.82 Å². The Hall–Kier alpha value is -2.09. The minimum absolute atomic E-state index is 0.0444. The third-order valence-electron chi connectivity index (χ3n) is 1.93. The summed E-state index contributed by atoms with van der Waals surface area (Å²) < 4.78 is 18.3. The van der Waals surface area contributed by atoms with Crippen LogP contribution in [0.5, 0.6) is 5.75 Å². The molecule has 0 bridgehead atoms. The number of rotatable bonds is 4. The highest BCUT2D eigenvalue weighted by Gasteiger charge is 2.05. The molecule has 0 fully saturated rings. The molecule has 0 atom stereocenters. The second-order valence-corrected chi connectivity index (χ2v) is 3.03. The van der Waals surface area contributed by atoms with Crippen LogP contribution in [-0.4, -0.2) is 19.6 Å². The maximum Gasteiger partial charge on any atom is 0.223 e. The van der Waals surface area contributed by atoms with Crippen LogP contribution in [0.3, 0.4) is 0 Å². The molecule has 0 heterocycles. The minimum Gasteiger partial charge on any atom is -0.490 e. The van der Waals surface area contributed by atoms with E-state index in [2.05, 4.69) is 5.32 Å². The Morgan fingerprint density at radius 2 is 2.38 bits per heavy atom. The van der Waals surface area contributed by atoms with Crippen LogP contribution >= 0.6 is 0 Å². The molecule has 1 amide bonds. The average molecular weight is 222 g/mol. The Kier molecular flexibility index (Phi) is 4.28. The molecule has 1 aromatic carbocycles. The fourth-order valence-electron chi connectivity index (χ4n) is 1.07. The number of hydrogen-bond acceptors (Lipinski definition) is 3. The van der Waals surface area contributed by atoms with Gasteiger partial charge in [0.15, 0.2) is 11.6 Å². The molecule has 84 valence electrons. The molecule has 0 aliphatic heterocycles. The summed E-state index contributed by atoms with van der Waals surface area (Å²) in [4.78, 5) is 10.9. The van der Waals surface area contributed by atoms with Crippen LogP contribution < -0.4 is 10.1 Å². The van der Waals surface area contributed by atoms with Crippen molar-refractivity contribution in [3.05, 3.63) is 29.6 Å². The van der Waals surface area contributed by atoms with Gasteiger partial charge >= 0.3 is 0 Å². The summed E-state index contributed by atoms with van der Waals surface area (Å²) in [7, 11) is 1.52. The maximum atomic E-state index is 13.3. The Bertz CT molecular complexity index is 426. The summed E-state index contributed by atoms with van der Waals surface area (Å²) in [5.41, 5.74) is 0.233. The zero-order chi connectivity index (χ0) is 12.0. The second kappa shape index (κ2) is 5.71. The molecule has 1 N–H and O–H groups in total. The highest BCUT2D eigenvalue weighted by Crippen LogP contribution is 2.17. The van der Waals surface area contributed by atoms with E-state index in [4.69, 9.17) is 10.00 Å². The lowest BCUT2D eigenvalue weighted by molar-refractivity contribution is -0.121. The van der Waals surface area contributed by atoms with E-state index in [1.165, 1.54) is 19.2 Å². The van der Waals surface area contributed by atoms with Crippen molar-refractivity contribution in [1.29, 1.82) is 5.26 Å². The Balaban J connectivity index is 2.55. The number of ether oxygens (including phenoxy) is 1. The quantitative estimate of drug-likeness (QED) is 0.832. The van der Waals surface area contributed by atoms with E-state index in [9.17, 15) is 9.18 Å². The van der Waals surface area contributed by atoms with Gasteiger partial charge in [-0.1, -0.05) is 0 Å². The van der Waals surface area contributed by atoms with Crippen LogP contribution in [0.2, 0.25) is 0 Å². The van der Waals surface area contributed by atoms with E-state index in [1.807, 2.05) is 6.07 Å². The van der Waals surface area contributed by atoms with Crippen LogP contribution in [0, 0.1) is 17.1 Å². The van der Waals surface area contributed by atoms with Gasteiger partial charge in [0.25, 0.3) is 0 Å². The Morgan fingerprint density at radius 1 is 1.62 bits per heavy atom. The number of carbonyl (C=O) groups excluding carboxylic acids is 1. The van der Waals surface area contributed by atoms with Gasteiger partial charge < -0.3 is 10.1 Å². The monoisotopic (exact) mass is 222 g/mol. The van der Waals surface area contributed by atoms with Crippen LogP contribution in [0.1, 0.15) is 12.0 Å². The maximum absolute atomic E-state index is 13.3. The Morgan fingerprint density at radius 3 is 2.94 bits per heavy atom. The number of amides is 1. The standard InChI is InChI=1S/C11H11FN2O2/c1-14-11(15)4-5-16-10-3-2-8(7-13)6-9(10)12/h2-3,6H,4-5H2,1H3,(H,14,15). The van der Waals surface area contributed by atoms with Crippen LogP contribution in [-0.2, 0) is 4.79 Å². The number of halogens is 1. The van der Waals surface area contributed by atoms with E-state index in [0.29, 0.717) is 0 Å². The molecule has 0 aliphatic carbocycles. The molecule has 0 saturated carbocycles. The van der Waals surface area contributed by atoms with Crippen molar-refractivity contribution >= 4 is 5.91 Å². The largest absolute Gasteiger partial charge is 0.490 e. The predicted molar refractivity (Wildman–Crippen MR) is 55.3 cm³/mol. The topological polar surface area (TPSA) is 62.1 Å². The summed E-state index contributed by atoms with van der Waals surface area (Å²) in [6, 6.07) is 5.74. The van der Waals surface area contributed by atoms with Gasteiger partial charge in [0.05, 0.1) is 24.7 Å². The van der Waals surface area contributed by atoms with Crippen molar-refractivity contribution in [3.63, 3.8) is 0 Å². The molecule has 0 spiro atoms. The lowest BCUT2D eigenvalue weighted by Gasteiger charge is -2.06. The number of nitrogens with one attached hydrogen (secondary N) is 1. The van der Waals surface area contributed by atoms with E-state index in [0.717, 1.165) is 6.07 Å². The normalized spacial score (nSPS) is 9.31. The van der Waals surface area contributed by atoms with E-state index in [1.54, 1.807) is 0 Å². The highest BCUT2D eigenvalue weighted by atomic mass is 19.1. The molecule has 0 radical (unpaired) electrons. The zero-order valence-corrected chi connectivity index (χ0v) is 8.79. The first kappa shape index (κ1) is 12.0. The third kappa shape index (κ3) is 3.24. The van der Waals surface area contributed by atoms with Gasteiger partial charge in [-0.05, 0) is 18.2 Å². The highest BCUT2D eigenvalue weighted by molar-refractivity contribution is 5.75. The number of nitrogens with zero attached hydrogens (tertiary/aromatic N) is 1. The molecule has 16 heavy (non-hydrogen) atoms. The predicted octanol–water partition coefficient (Wildman–Crippen LogP) is 1.21. The van der Waals surface area contributed by atoms with Crippen LogP contribution in [0.15, 0.2) is 18.2 Å². The molecule has 1 rings (SSSR count). The van der Waals surface area contributed by atoms with Gasteiger partial charge in [0, 0.05) is 7.05 Å². The van der Waals surface area contributed by atoms with Crippen LogP contribution in [0.4, 0.5) is 4.39 Å². The molecular weight excluding hydrogens is 211 g/mol. The molecule has 0 aliphatic rings. The van der Waals surface area contributed by atoms with Gasteiger partial charge in [-0.3, -0.25) is 4.79 Å². The first-order valence-electron chi connectivity index (χ1n) is 4.70. The second-order valence-electron chi connectivity index (χ2n) is 3.03. The Labute approximate surface area is 92.6 Å². The fraction of sp³-hybridized carbons (Fsp3) is 0.273. The van der Waals surface area contributed by atoms with Gasteiger partial charge in [0.2, 0.25) is 5.91 Å². The first-order chi connectivity index (χ1) is 7.67. The lowest BCUT2D eigenvalue weighted by atomic mass is 10.2. The number of nitriles is 1. The van der Waals surface area contributed by atoms with E-state index >= 15 is 0 Å².